The van der Waals surface area contributed by atoms with Gasteiger partial charge >= 0.3 is 0 Å². The van der Waals surface area contributed by atoms with Gasteiger partial charge in [0.05, 0.1) is 0 Å². The van der Waals surface area contributed by atoms with Crippen LogP contribution in [-0.2, 0) is 21.7 Å². The predicted molar refractivity (Wildman–Crippen MR) is 608 cm³/mol. The number of fused-ring (bicyclic) bond motifs is 24. The molecule has 4 aliphatic carbocycles. The van der Waals surface area contributed by atoms with Gasteiger partial charge in [0.15, 0.2) is 0 Å². The highest BCUT2D eigenvalue weighted by Crippen LogP contribution is 2.62. The van der Waals surface area contributed by atoms with Gasteiger partial charge in [0.2, 0.25) is 0 Å². The van der Waals surface area contributed by atoms with Gasteiger partial charge in [-0.3, -0.25) is 0 Å². The van der Waals surface area contributed by atoms with Crippen LogP contribution in [0.5, 0.6) is 0 Å². The number of hydrogen-bond acceptors (Lipinski definition) is 4. The van der Waals surface area contributed by atoms with E-state index in [0.29, 0.717) is 0 Å². The molecule has 4 unspecified atom stereocenters. The Morgan fingerprint density at radius 2 is 0.389 bits per heavy atom. The normalized spacial score (nSPS) is 16.3. The second-order valence-electron chi connectivity index (χ2n) is 39.3. The number of hydrogen-bond donors (Lipinski definition) is 0. The zero-order valence-corrected chi connectivity index (χ0v) is 81.8. The number of furan rings is 2. The fourth-order valence-corrected chi connectivity index (χ4v) is 27.4. The van der Waals surface area contributed by atoms with Crippen molar-refractivity contribution in [1.82, 2.24) is 0 Å². The van der Waals surface area contributed by atoms with Crippen molar-refractivity contribution in [2.24, 2.45) is 0 Å². The van der Waals surface area contributed by atoms with Crippen LogP contribution in [0.1, 0.15) is 94.5 Å². The van der Waals surface area contributed by atoms with E-state index in [9.17, 15) is 0 Å². The SMILES string of the molecule is CC1(c2cccc(-c3ccccc3)c2)c2ccccc2-c2c(-c3cccc4c3oc3ccccc34)cccc21.CC1(c2cccc(-c3ccccc3)c2)c2ccccc2-c2c(-c3cccc4c3sc3ccccc34)cccc21.CC1(c2ccccc2)c2ccccc2-c2c(-c3cccc4c3oc3ccccc34)cccc21.CC1(c2ccccc2)c2ccccc2-c2c(-c3cccc4c3sc3ccccc34)cccc21. The van der Waals surface area contributed by atoms with Crippen LogP contribution in [0.25, 0.3) is 195 Å². The molecule has 4 aliphatic rings. The summed E-state index contributed by atoms with van der Waals surface area (Å²) < 4.78 is 18.3. The molecule has 2 nitrogen and oxygen atoms in total. The minimum atomic E-state index is -0.283. The van der Waals surface area contributed by atoms with Crippen LogP contribution in [0.2, 0.25) is 0 Å². The molecule has 4 heterocycles. The van der Waals surface area contributed by atoms with Crippen molar-refractivity contribution in [2.75, 3.05) is 0 Å². The van der Waals surface area contributed by atoms with E-state index < -0.39 is 0 Å². The predicted octanol–water partition coefficient (Wildman–Crippen LogP) is 38.6. The topological polar surface area (TPSA) is 26.3 Å². The Labute approximate surface area is 846 Å². The molecule has 0 saturated carbocycles. The van der Waals surface area contributed by atoms with Crippen LogP contribution in [0.4, 0.5) is 0 Å². The minimum Gasteiger partial charge on any atom is -0.455 e. The molecule has 0 aliphatic heterocycles. The Kier molecular flexibility index (Phi) is 20.6. The molecule has 0 spiro atoms. The smallest absolute Gasteiger partial charge is 0.143 e. The van der Waals surface area contributed by atoms with Crippen LogP contribution in [0.3, 0.4) is 0 Å². The van der Waals surface area contributed by atoms with Crippen molar-refractivity contribution in [1.29, 1.82) is 0 Å². The first-order valence-corrected chi connectivity index (χ1v) is 51.6. The van der Waals surface area contributed by atoms with Gasteiger partial charge in [-0.2, -0.15) is 0 Å². The standard InChI is InChI=1S/C38H26O.C38H26S.C32H22O.C32H22S/c2*1-38(27-15-9-14-26(24-27)25-12-3-2-4-13-25)33-21-7-5-17-32(33)36-29(18-11-22-34(36)38)31-20-10-19-30-28-16-6-8-23-35(28)39-37(30)31;2*1-32(21-11-3-2-4-12-21)27-18-7-5-14-26(27)30-23(15-10-19-28(30)32)25-17-9-16-24-22-13-6-8-20-29(22)33-31(24)25/h2*2-24H,1H3;2*2-20H,1H3. The van der Waals surface area contributed by atoms with Gasteiger partial charge in [-0.25, -0.2) is 0 Å². The second-order valence-corrected chi connectivity index (χ2v) is 41.4. The third-order valence-electron chi connectivity index (χ3n) is 31.9. The van der Waals surface area contributed by atoms with Crippen LogP contribution in [0, 0.1) is 0 Å². The summed E-state index contributed by atoms with van der Waals surface area (Å²) in [6.07, 6.45) is 0. The molecule has 144 heavy (non-hydrogen) atoms. The Morgan fingerprint density at radius 3 is 0.750 bits per heavy atom. The first-order valence-electron chi connectivity index (χ1n) is 50.0. The van der Waals surface area contributed by atoms with E-state index in [1.165, 1.54) is 207 Å². The van der Waals surface area contributed by atoms with E-state index in [1.807, 2.05) is 34.8 Å². The lowest BCUT2D eigenvalue weighted by molar-refractivity contribution is 0.669. The van der Waals surface area contributed by atoms with E-state index in [2.05, 4.69) is 525 Å². The highest BCUT2D eigenvalue weighted by molar-refractivity contribution is 7.26. The summed E-state index contributed by atoms with van der Waals surface area (Å²) in [7, 11) is 0. The summed E-state index contributed by atoms with van der Waals surface area (Å²) >= 11 is 3.81. The third kappa shape index (κ3) is 13.4. The van der Waals surface area contributed by atoms with Gasteiger partial charge in [-0.1, -0.05) is 473 Å². The van der Waals surface area contributed by atoms with Gasteiger partial charge in [0, 0.05) is 106 Å². The Hall–Kier alpha value is -17.1. The summed E-state index contributed by atoms with van der Waals surface area (Å²) in [6, 6.07) is 185. The average molecular weight is 1870 g/mol. The summed E-state index contributed by atoms with van der Waals surface area (Å²) in [5.41, 5.74) is 44.7. The van der Waals surface area contributed by atoms with Crippen LogP contribution >= 0.6 is 22.7 Å². The molecule has 0 amide bonds. The van der Waals surface area contributed by atoms with Crippen LogP contribution < -0.4 is 0 Å². The van der Waals surface area contributed by atoms with Crippen molar-refractivity contribution in [3.8, 4) is 111 Å². The molecule has 4 heteroatoms. The van der Waals surface area contributed by atoms with Crippen molar-refractivity contribution >= 4 is 107 Å². The molecule has 4 atom stereocenters. The number of para-hydroxylation sites is 4. The Bertz CT molecular complexity index is 9060. The molecule has 0 bridgehead atoms. The van der Waals surface area contributed by atoms with E-state index in [0.717, 1.165) is 55.0 Å². The third-order valence-corrected chi connectivity index (χ3v) is 34.4. The van der Waals surface area contributed by atoms with E-state index >= 15 is 0 Å². The Morgan fingerprint density at radius 1 is 0.160 bits per heavy atom. The minimum absolute atomic E-state index is 0.169. The molecule has 4 aromatic heterocycles. The molecule has 0 N–H and O–H groups in total. The fraction of sp³-hybridized carbons (Fsp3) is 0.0571. The van der Waals surface area contributed by atoms with Crippen molar-refractivity contribution < 1.29 is 8.83 Å². The summed E-state index contributed by atoms with van der Waals surface area (Å²) in [6.45, 7) is 9.54. The molecule has 680 valence electrons. The van der Waals surface area contributed by atoms with Gasteiger partial charge in [-0.15, -0.1) is 22.7 Å². The zero-order valence-electron chi connectivity index (χ0n) is 80.1. The van der Waals surface area contributed by atoms with Gasteiger partial charge < -0.3 is 8.83 Å². The second kappa shape index (κ2) is 34.4. The molecular formula is C140H96O2S2. The lowest BCUT2D eigenvalue weighted by Gasteiger charge is -2.29. The summed E-state index contributed by atoms with van der Waals surface area (Å²) in [5, 5.41) is 10.0. The average Bonchev–Trinajstić information content (AvgIpc) is 1.57. The van der Waals surface area contributed by atoms with E-state index in [-0.39, 0.29) is 21.7 Å². The van der Waals surface area contributed by atoms with Crippen molar-refractivity contribution in [3.63, 3.8) is 0 Å². The largest absolute Gasteiger partial charge is 0.455 e. The van der Waals surface area contributed by atoms with Crippen molar-refractivity contribution in [2.45, 2.75) is 49.4 Å². The van der Waals surface area contributed by atoms with E-state index in [4.69, 9.17) is 8.83 Å². The molecule has 26 aromatic rings. The highest BCUT2D eigenvalue weighted by atomic mass is 32.1. The maximum atomic E-state index is 6.49. The maximum Gasteiger partial charge on any atom is 0.143 e. The van der Waals surface area contributed by atoms with Gasteiger partial charge in [0.1, 0.15) is 22.3 Å². The van der Waals surface area contributed by atoms with Gasteiger partial charge in [-0.05, 0) is 220 Å². The van der Waals surface area contributed by atoms with Gasteiger partial charge in [0.25, 0.3) is 0 Å². The van der Waals surface area contributed by atoms with Crippen molar-refractivity contribution in [3.05, 3.63) is 576 Å². The molecule has 0 saturated heterocycles. The first kappa shape index (κ1) is 86.0. The van der Waals surface area contributed by atoms with Crippen LogP contribution in [0.15, 0.2) is 518 Å². The molecule has 0 fully saturated rings. The number of rotatable bonds is 10. The number of benzene rings is 22. The molecule has 0 radical (unpaired) electrons. The van der Waals surface area contributed by atoms with E-state index in [1.54, 1.807) is 0 Å². The quantitative estimate of drug-likeness (QED) is 0.136. The lowest BCUT2D eigenvalue weighted by Crippen LogP contribution is -2.22. The van der Waals surface area contributed by atoms with Crippen LogP contribution in [-0.4, -0.2) is 0 Å². The summed E-state index contributed by atoms with van der Waals surface area (Å²) in [5.74, 6) is 0. The molecular weight excluding hydrogens is 1780 g/mol. The molecule has 30 rings (SSSR count). The zero-order chi connectivity index (χ0) is 95.9. The Balaban J connectivity index is 0.0000000959. The summed E-state index contributed by atoms with van der Waals surface area (Å²) in [4.78, 5) is 0. The fourth-order valence-electron chi connectivity index (χ4n) is 25.0. The lowest BCUT2D eigenvalue weighted by atomic mass is 9.73. The monoisotopic (exact) mass is 1870 g/mol. The first-order chi connectivity index (χ1) is 71.0. The maximum absolute atomic E-state index is 6.49. The molecule has 22 aromatic carbocycles. The highest BCUT2D eigenvalue weighted by Gasteiger charge is 2.47. The number of thiophene rings is 2.